The highest BCUT2D eigenvalue weighted by molar-refractivity contribution is 8.00. The maximum absolute atomic E-state index is 13.0. The first-order valence-corrected chi connectivity index (χ1v) is 25.4. The van der Waals surface area contributed by atoms with Crippen LogP contribution in [-0.2, 0) is 26.2 Å². The molecule has 2 aromatic heterocycles. The van der Waals surface area contributed by atoms with Gasteiger partial charge in [0.25, 0.3) is 16.0 Å². The molecule has 0 radical (unpaired) electrons. The summed E-state index contributed by atoms with van der Waals surface area (Å²) in [5, 5.41) is 15.2. The number of hydrogen-bond donors (Lipinski definition) is 2. The minimum absolute atomic E-state index is 0.206. The van der Waals surface area contributed by atoms with E-state index in [0.717, 1.165) is 47.8 Å². The van der Waals surface area contributed by atoms with Crippen LogP contribution in [0, 0.1) is 0 Å². The van der Waals surface area contributed by atoms with Crippen LogP contribution in [0.15, 0.2) is 112 Å². The molecule has 1 aliphatic rings. The zero-order valence-corrected chi connectivity index (χ0v) is 39.0. The Balaban J connectivity index is 0.884. The number of tetrazole rings is 1. The van der Waals surface area contributed by atoms with Gasteiger partial charge in [0.05, 0.1) is 21.6 Å². The molecule has 1 unspecified atom stereocenters. The minimum atomic E-state index is -4.40. The first kappa shape index (κ1) is 48.0. The number of anilines is 1. The van der Waals surface area contributed by atoms with Crippen molar-refractivity contribution in [2.75, 3.05) is 11.9 Å². The summed E-state index contributed by atoms with van der Waals surface area (Å²) >= 11 is 1.15. The Kier molecular flexibility index (Phi) is 17.5. The van der Waals surface area contributed by atoms with Crippen LogP contribution in [0.4, 0.5) is 10.5 Å². The molecule has 1 atom stereocenters. The van der Waals surface area contributed by atoms with E-state index in [2.05, 4.69) is 37.3 Å². The normalized spacial score (nSPS) is 13.8. The first-order valence-electron chi connectivity index (χ1n) is 23.1. The highest BCUT2D eigenvalue weighted by atomic mass is 32.2. The third kappa shape index (κ3) is 13.6. The van der Waals surface area contributed by atoms with Crippen molar-refractivity contribution in [2.24, 2.45) is 4.99 Å². The topological polar surface area (TPSA) is 193 Å². The van der Waals surface area contributed by atoms with Gasteiger partial charge >= 0.3 is 6.09 Å². The lowest BCUT2D eigenvalue weighted by atomic mass is 10.0. The third-order valence-corrected chi connectivity index (χ3v) is 13.3. The van der Waals surface area contributed by atoms with Gasteiger partial charge in [-0.15, -0.1) is 5.10 Å². The molecule has 2 N–H and O–H groups in total. The van der Waals surface area contributed by atoms with E-state index in [-0.39, 0.29) is 17.4 Å². The lowest BCUT2D eigenvalue weighted by Crippen LogP contribution is -2.20. The largest absolute Gasteiger partial charge is 0.484 e. The maximum atomic E-state index is 13.0. The molecule has 17 heteroatoms. The minimum Gasteiger partial charge on any atom is -0.484 e. The van der Waals surface area contributed by atoms with Crippen LogP contribution in [0.2, 0.25) is 0 Å². The summed E-state index contributed by atoms with van der Waals surface area (Å²) in [4.78, 5) is 33.9. The number of aromatic nitrogens is 6. The fraction of sp³-hybridized carbons (Fsp3) is 0.408. The standard InChI is InChI=1S/C49H58N8O7S2/c1-2-3-4-5-6-7-8-9-10-11-12-13-14-15-16-20-33-56-43-32-31-41(66(60,61)62)34-42(43)51-46(56)37-23-27-38(28-24-37)50-44(58)35-63-40-29-25-36(26-30-40)45-47(64-49(59)52-45)65-48-53-54-55-57(48)39-21-18-17-19-22-39/h17-19,21-32,34,47H,2-16,20,33,35H2,1H3,(H,50,58)(H,60,61,62). The predicted octanol–water partition coefficient (Wildman–Crippen LogP) is 11.3. The lowest BCUT2D eigenvalue weighted by Gasteiger charge is -2.12. The zero-order chi connectivity index (χ0) is 46.1. The van der Waals surface area contributed by atoms with Crippen LogP contribution < -0.4 is 10.1 Å². The van der Waals surface area contributed by atoms with Crippen LogP contribution in [0.1, 0.15) is 115 Å². The van der Waals surface area contributed by atoms with E-state index in [1.54, 1.807) is 47.1 Å². The number of benzene rings is 4. The number of aliphatic imine (C=N–C) groups is 1. The molecule has 3 heterocycles. The number of imidazole rings is 1. The number of nitrogens with zero attached hydrogens (tertiary/aromatic N) is 7. The fourth-order valence-electron chi connectivity index (χ4n) is 7.99. The van der Waals surface area contributed by atoms with E-state index in [4.69, 9.17) is 14.5 Å². The van der Waals surface area contributed by atoms with Crippen LogP contribution in [0.5, 0.6) is 5.75 Å². The van der Waals surface area contributed by atoms with Gasteiger partial charge in [-0.1, -0.05) is 121 Å². The van der Waals surface area contributed by atoms with Crippen molar-refractivity contribution >= 4 is 56.3 Å². The van der Waals surface area contributed by atoms with Gasteiger partial charge in [0.15, 0.2) is 12.0 Å². The number of aryl methyl sites for hydroxylation is 1. The predicted molar refractivity (Wildman–Crippen MR) is 257 cm³/mol. The van der Waals surface area contributed by atoms with Crippen LogP contribution >= 0.6 is 11.8 Å². The monoisotopic (exact) mass is 934 g/mol. The molecule has 348 valence electrons. The van der Waals surface area contributed by atoms with Crippen LogP contribution in [0.25, 0.3) is 28.1 Å². The molecule has 6 aromatic rings. The SMILES string of the molecule is CCCCCCCCCCCCCCCCCCn1c(-c2ccc(NC(=O)COc3ccc(C4=NC(=O)OC4Sc4nnnn4-c4ccccc4)cc3)cc2)nc2cc(S(=O)(=O)O)ccc21. The van der Waals surface area contributed by atoms with Gasteiger partial charge in [0, 0.05) is 23.4 Å². The number of para-hydroxylation sites is 1. The Morgan fingerprint density at radius 1 is 0.788 bits per heavy atom. The van der Waals surface area contributed by atoms with Crippen LogP contribution in [0.3, 0.4) is 0 Å². The highest BCUT2D eigenvalue weighted by Crippen LogP contribution is 2.32. The summed E-state index contributed by atoms with van der Waals surface area (Å²) in [5.41, 5.74) is 3.60. The van der Waals surface area contributed by atoms with E-state index >= 15 is 0 Å². The van der Waals surface area contributed by atoms with Gasteiger partial charge in [0.1, 0.15) is 17.3 Å². The van der Waals surface area contributed by atoms with Gasteiger partial charge < -0.3 is 19.4 Å². The number of carbonyl (C=O) groups excluding carboxylic acids is 2. The van der Waals surface area contributed by atoms with Crippen LogP contribution in [-0.4, -0.2) is 72.5 Å². The number of hydrogen-bond acceptors (Lipinski definition) is 11. The second kappa shape index (κ2) is 24.0. The number of rotatable bonds is 27. The average Bonchev–Trinajstić information content (AvgIpc) is 4.05. The summed E-state index contributed by atoms with van der Waals surface area (Å²) in [6, 6.07) is 28.0. The third-order valence-electron chi connectivity index (χ3n) is 11.5. The maximum Gasteiger partial charge on any atom is 0.435 e. The number of thioether (sulfide) groups is 1. The molecule has 0 bridgehead atoms. The molecule has 0 aliphatic carbocycles. The second-order valence-electron chi connectivity index (χ2n) is 16.5. The smallest absolute Gasteiger partial charge is 0.435 e. The van der Waals surface area contributed by atoms with E-state index in [0.29, 0.717) is 45.8 Å². The van der Waals surface area contributed by atoms with Crippen molar-refractivity contribution in [3.63, 3.8) is 0 Å². The molecule has 0 saturated carbocycles. The summed E-state index contributed by atoms with van der Waals surface area (Å²) < 4.78 is 48.5. The molecular formula is C49H58N8O7S2. The number of nitrogens with one attached hydrogen (secondary N) is 1. The van der Waals surface area contributed by atoms with Gasteiger partial charge in [0.2, 0.25) is 5.16 Å². The number of cyclic esters (lactones) is 1. The number of ether oxygens (including phenoxy) is 2. The van der Waals surface area contributed by atoms with Crippen molar-refractivity contribution in [2.45, 2.75) is 132 Å². The van der Waals surface area contributed by atoms with Gasteiger partial charge in [-0.25, -0.2) is 9.78 Å². The quantitative estimate of drug-likeness (QED) is 0.0367. The molecule has 2 amide bonds. The molecule has 66 heavy (non-hydrogen) atoms. The number of carbonyl (C=O) groups is 2. The van der Waals surface area contributed by atoms with E-state index in [1.165, 1.54) is 95.6 Å². The number of amides is 2. The van der Waals surface area contributed by atoms with Gasteiger partial charge in [-0.2, -0.15) is 18.1 Å². The van der Waals surface area contributed by atoms with Crippen molar-refractivity contribution in [1.82, 2.24) is 29.8 Å². The summed E-state index contributed by atoms with van der Waals surface area (Å²) in [7, 11) is -4.40. The van der Waals surface area contributed by atoms with Gasteiger partial charge in [-0.3, -0.25) is 9.35 Å². The zero-order valence-electron chi connectivity index (χ0n) is 37.4. The van der Waals surface area contributed by atoms with Gasteiger partial charge in [-0.05, 0) is 107 Å². The van der Waals surface area contributed by atoms with E-state index in [1.807, 2.05) is 42.5 Å². The molecule has 0 saturated heterocycles. The molecule has 15 nitrogen and oxygen atoms in total. The summed E-state index contributed by atoms with van der Waals surface area (Å²) in [6.07, 6.45) is 19.8. The Morgan fingerprint density at radius 3 is 2.05 bits per heavy atom. The second-order valence-corrected chi connectivity index (χ2v) is 18.9. The number of unbranched alkanes of at least 4 members (excludes halogenated alkanes) is 15. The van der Waals surface area contributed by atoms with Crippen molar-refractivity contribution in [3.05, 3.63) is 103 Å². The molecule has 4 aromatic carbocycles. The first-order chi connectivity index (χ1) is 32.2. The Bertz CT molecular complexity index is 2650. The van der Waals surface area contributed by atoms with E-state index < -0.39 is 21.6 Å². The molecule has 0 spiro atoms. The fourth-order valence-corrected chi connectivity index (χ4v) is 9.44. The van der Waals surface area contributed by atoms with E-state index in [9.17, 15) is 22.6 Å². The Hall–Kier alpha value is -5.91. The summed E-state index contributed by atoms with van der Waals surface area (Å²) in [5.74, 6) is 0.736. The van der Waals surface area contributed by atoms with Crippen molar-refractivity contribution < 1.29 is 32.0 Å². The average molecular weight is 935 g/mol. The highest BCUT2D eigenvalue weighted by Gasteiger charge is 2.32. The van der Waals surface area contributed by atoms with Crippen molar-refractivity contribution in [3.8, 4) is 22.8 Å². The summed E-state index contributed by atoms with van der Waals surface area (Å²) in [6.45, 7) is 2.71. The Labute approximate surface area is 390 Å². The van der Waals surface area contributed by atoms with Crippen molar-refractivity contribution in [1.29, 1.82) is 0 Å². The number of fused-ring (bicyclic) bond motifs is 1. The molecular weight excluding hydrogens is 877 g/mol. The lowest BCUT2D eigenvalue weighted by molar-refractivity contribution is -0.118. The Morgan fingerprint density at radius 2 is 1.41 bits per heavy atom. The molecule has 1 aliphatic heterocycles. The molecule has 7 rings (SSSR count). The molecule has 0 fully saturated rings.